The zero-order valence-corrected chi connectivity index (χ0v) is 10.2. The highest BCUT2D eigenvalue weighted by Gasteiger charge is 2.09. The summed E-state index contributed by atoms with van der Waals surface area (Å²) in [5.74, 6) is 0.727. The van der Waals surface area contributed by atoms with E-state index < -0.39 is 0 Å². The molecule has 0 aromatic carbocycles. The van der Waals surface area contributed by atoms with Gasteiger partial charge in [0.15, 0.2) is 0 Å². The summed E-state index contributed by atoms with van der Waals surface area (Å²) in [4.78, 5) is 0. The molecule has 0 spiro atoms. The highest BCUT2D eigenvalue weighted by molar-refractivity contribution is 5.00. The molecule has 0 aliphatic rings. The van der Waals surface area contributed by atoms with Gasteiger partial charge in [-0.2, -0.15) is 5.10 Å². The molecule has 86 valence electrons. The van der Waals surface area contributed by atoms with E-state index in [1.165, 1.54) is 18.5 Å². The van der Waals surface area contributed by atoms with Crippen LogP contribution in [0, 0.1) is 5.92 Å². The lowest BCUT2D eigenvalue weighted by Gasteiger charge is -2.14. The molecule has 0 radical (unpaired) electrons. The van der Waals surface area contributed by atoms with Crippen molar-refractivity contribution in [2.24, 2.45) is 13.0 Å². The number of hydrogen-bond acceptors (Lipinski definition) is 2. The van der Waals surface area contributed by atoms with E-state index >= 15 is 0 Å². The number of aryl methyl sites for hydroxylation is 1. The Bertz CT molecular complexity index is 268. The minimum absolute atomic E-state index is 0.727. The van der Waals surface area contributed by atoms with Crippen LogP contribution in [0.2, 0.25) is 0 Å². The van der Waals surface area contributed by atoms with Crippen LogP contribution in [-0.2, 0) is 13.5 Å². The van der Waals surface area contributed by atoms with Gasteiger partial charge in [0, 0.05) is 13.2 Å². The molecule has 1 heterocycles. The fourth-order valence-electron chi connectivity index (χ4n) is 1.90. The van der Waals surface area contributed by atoms with Gasteiger partial charge in [-0.05, 0) is 37.9 Å². The van der Waals surface area contributed by atoms with Gasteiger partial charge in [0.05, 0.1) is 5.69 Å². The fourth-order valence-corrected chi connectivity index (χ4v) is 1.90. The summed E-state index contributed by atoms with van der Waals surface area (Å²) in [7, 11) is 1.97. The van der Waals surface area contributed by atoms with Crippen LogP contribution in [0.5, 0.6) is 0 Å². The molecule has 1 aromatic rings. The Kier molecular flexibility index (Phi) is 5.40. The summed E-state index contributed by atoms with van der Waals surface area (Å²) in [5.41, 5.74) is 1.22. The van der Waals surface area contributed by atoms with E-state index in [0.29, 0.717) is 0 Å². The summed E-state index contributed by atoms with van der Waals surface area (Å²) in [5, 5.41) is 7.86. The summed E-state index contributed by atoms with van der Waals surface area (Å²) >= 11 is 0. The standard InChI is InChI=1S/C12H23N3/c1-4-6-11(10-13-5-2)9-12-7-8-15(3)14-12/h7-8,11,13H,4-6,9-10H2,1-3H3. The monoisotopic (exact) mass is 209 g/mol. The second-order valence-corrected chi connectivity index (χ2v) is 4.15. The van der Waals surface area contributed by atoms with Crippen molar-refractivity contribution in [3.05, 3.63) is 18.0 Å². The Hall–Kier alpha value is -0.830. The van der Waals surface area contributed by atoms with E-state index in [-0.39, 0.29) is 0 Å². The first-order valence-corrected chi connectivity index (χ1v) is 5.95. The molecule has 3 heteroatoms. The van der Waals surface area contributed by atoms with Crippen molar-refractivity contribution in [1.82, 2.24) is 15.1 Å². The van der Waals surface area contributed by atoms with Gasteiger partial charge in [0.25, 0.3) is 0 Å². The minimum atomic E-state index is 0.727. The zero-order chi connectivity index (χ0) is 11.1. The van der Waals surface area contributed by atoms with Gasteiger partial charge in [-0.15, -0.1) is 0 Å². The summed E-state index contributed by atoms with van der Waals surface area (Å²) in [6.07, 6.45) is 5.65. The molecule has 0 aliphatic carbocycles. The number of rotatable bonds is 7. The first-order chi connectivity index (χ1) is 7.26. The van der Waals surface area contributed by atoms with Crippen molar-refractivity contribution in [1.29, 1.82) is 0 Å². The maximum absolute atomic E-state index is 4.43. The predicted octanol–water partition coefficient (Wildman–Crippen LogP) is 1.99. The summed E-state index contributed by atoms with van der Waals surface area (Å²) in [6, 6.07) is 2.12. The molecule has 0 saturated carbocycles. The van der Waals surface area contributed by atoms with Gasteiger partial charge in [0.1, 0.15) is 0 Å². The van der Waals surface area contributed by atoms with Gasteiger partial charge in [0.2, 0.25) is 0 Å². The second-order valence-electron chi connectivity index (χ2n) is 4.15. The van der Waals surface area contributed by atoms with Crippen LogP contribution in [0.1, 0.15) is 32.4 Å². The smallest absolute Gasteiger partial charge is 0.0627 e. The average molecular weight is 209 g/mol. The molecular formula is C12H23N3. The normalized spacial score (nSPS) is 13.0. The lowest BCUT2D eigenvalue weighted by molar-refractivity contribution is 0.439. The van der Waals surface area contributed by atoms with E-state index in [1.54, 1.807) is 0 Å². The van der Waals surface area contributed by atoms with Crippen molar-refractivity contribution in [3.8, 4) is 0 Å². The average Bonchev–Trinajstić information content (AvgIpc) is 2.61. The highest BCUT2D eigenvalue weighted by Crippen LogP contribution is 2.11. The Morgan fingerprint density at radius 1 is 1.47 bits per heavy atom. The summed E-state index contributed by atoms with van der Waals surface area (Å²) < 4.78 is 1.88. The highest BCUT2D eigenvalue weighted by atomic mass is 15.2. The number of aromatic nitrogens is 2. The van der Waals surface area contributed by atoms with Crippen molar-refractivity contribution < 1.29 is 0 Å². The SMILES string of the molecule is CCCC(CNCC)Cc1ccn(C)n1. The van der Waals surface area contributed by atoms with E-state index in [1.807, 2.05) is 17.9 Å². The van der Waals surface area contributed by atoms with Crippen molar-refractivity contribution in [2.45, 2.75) is 33.1 Å². The van der Waals surface area contributed by atoms with Crippen molar-refractivity contribution in [2.75, 3.05) is 13.1 Å². The van der Waals surface area contributed by atoms with Crippen molar-refractivity contribution in [3.63, 3.8) is 0 Å². The van der Waals surface area contributed by atoms with E-state index in [0.717, 1.165) is 25.4 Å². The number of hydrogen-bond donors (Lipinski definition) is 1. The quantitative estimate of drug-likeness (QED) is 0.744. The van der Waals surface area contributed by atoms with Crippen LogP contribution in [-0.4, -0.2) is 22.9 Å². The fraction of sp³-hybridized carbons (Fsp3) is 0.750. The van der Waals surface area contributed by atoms with Gasteiger partial charge in [-0.1, -0.05) is 20.3 Å². The van der Waals surface area contributed by atoms with Crippen LogP contribution >= 0.6 is 0 Å². The Labute approximate surface area is 92.9 Å². The Balaban J connectivity index is 2.42. The maximum Gasteiger partial charge on any atom is 0.0627 e. The lowest BCUT2D eigenvalue weighted by Crippen LogP contribution is -2.24. The first-order valence-electron chi connectivity index (χ1n) is 5.95. The van der Waals surface area contributed by atoms with Crippen LogP contribution in [0.4, 0.5) is 0 Å². The summed E-state index contributed by atoms with van der Waals surface area (Å²) in [6.45, 7) is 6.57. The predicted molar refractivity (Wildman–Crippen MR) is 63.9 cm³/mol. The van der Waals surface area contributed by atoms with Gasteiger partial charge in [-0.3, -0.25) is 4.68 Å². The number of nitrogens with one attached hydrogen (secondary N) is 1. The first kappa shape index (κ1) is 12.2. The Morgan fingerprint density at radius 3 is 2.80 bits per heavy atom. The molecule has 1 aromatic heterocycles. The minimum Gasteiger partial charge on any atom is -0.317 e. The topological polar surface area (TPSA) is 29.9 Å². The molecule has 15 heavy (non-hydrogen) atoms. The van der Waals surface area contributed by atoms with Gasteiger partial charge >= 0.3 is 0 Å². The third-order valence-electron chi connectivity index (χ3n) is 2.65. The van der Waals surface area contributed by atoms with Crippen LogP contribution in [0.15, 0.2) is 12.3 Å². The molecule has 0 bridgehead atoms. The molecule has 0 amide bonds. The van der Waals surface area contributed by atoms with Crippen molar-refractivity contribution >= 4 is 0 Å². The molecule has 1 unspecified atom stereocenters. The molecular weight excluding hydrogens is 186 g/mol. The van der Waals surface area contributed by atoms with E-state index in [2.05, 4.69) is 30.3 Å². The third kappa shape index (κ3) is 4.47. The molecule has 3 nitrogen and oxygen atoms in total. The van der Waals surface area contributed by atoms with Crippen LogP contribution in [0.3, 0.4) is 0 Å². The van der Waals surface area contributed by atoms with Crippen LogP contribution in [0.25, 0.3) is 0 Å². The molecule has 0 saturated heterocycles. The number of nitrogens with zero attached hydrogens (tertiary/aromatic N) is 2. The van der Waals surface area contributed by atoms with E-state index in [9.17, 15) is 0 Å². The zero-order valence-electron chi connectivity index (χ0n) is 10.2. The molecule has 1 rings (SSSR count). The Morgan fingerprint density at radius 2 is 2.27 bits per heavy atom. The third-order valence-corrected chi connectivity index (χ3v) is 2.65. The van der Waals surface area contributed by atoms with Gasteiger partial charge < -0.3 is 5.32 Å². The molecule has 1 N–H and O–H groups in total. The largest absolute Gasteiger partial charge is 0.317 e. The lowest BCUT2D eigenvalue weighted by atomic mass is 9.98. The van der Waals surface area contributed by atoms with Crippen LogP contribution < -0.4 is 5.32 Å². The van der Waals surface area contributed by atoms with E-state index in [4.69, 9.17) is 0 Å². The van der Waals surface area contributed by atoms with Gasteiger partial charge in [-0.25, -0.2) is 0 Å². The second kappa shape index (κ2) is 6.62. The molecule has 1 atom stereocenters. The molecule has 0 aliphatic heterocycles. The molecule has 0 fully saturated rings. The maximum atomic E-state index is 4.43.